The van der Waals surface area contributed by atoms with Gasteiger partial charge in [-0.15, -0.1) is 0 Å². The van der Waals surface area contributed by atoms with Crippen molar-refractivity contribution < 1.29 is 9.47 Å². The molecule has 1 aromatic heterocycles. The fourth-order valence-corrected chi connectivity index (χ4v) is 2.62. The van der Waals surface area contributed by atoms with E-state index >= 15 is 0 Å². The number of hydrogen-bond acceptors (Lipinski definition) is 5. The Morgan fingerprint density at radius 1 is 1.05 bits per heavy atom. The molecule has 1 heterocycles. The van der Waals surface area contributed by atoms with E-state index in [2.05, 4.69) is 37.9 Å². The maximum atomic E-state index is 5.31. The molecule has 0 aliphatic carbocycles. The van der Waals surface area contributed by atoms with Gasteiger partial charge in [0.25, 0.3) is 0 Å². The molecule has 0 aliphatic rings. The number of hydrogen-bond donors (Lipinski definition) is 1. The monoisotopic (exact) mass is 407 g/mol. The van der Waals surface area contributed by atoms with Gasteiger partial charge < -0.3 is 14.8 Å². The zero-order chi connectivity index (χ0) is 15.5. The van der Waals surface area contributed by atoms with Crippen LogP contribution in [-0.2, 0) is 0 Å². The maximum absolute atomic E-state index is 5.31. The summed E-state index contributed by atoms with van der Waals surface area (Å²) in [5.74, 6) is 1.86. The Hall–Kier alpha value is -2.09. The summed E-state index contributed by atoms with van der Waals surface area (Å²) in [6, 6.07) is 11.7. The molecule has 1 N–H and O–H groups in total. The van der Waals surface area contributed by atoms with Crippen molar-refractivity contribution in [1.82, 2.24) is 9.97 Å². The lowest BCUT2D eigenvalue weighted by Crippen LogP contribution is -1.99. The highest BCUT2D eigenvalue weighted by Gasteiger charge is 2.09. The highest BCUT2D eigenvalue weighted by molar-refractivity contribution is 14.1. The Balaban J connectivity index is 2.00. The van der Waals surface area contributed by atoms with Gasteiger partial charge in [-0.2, -0.15) is 0 Å². The first-order valence-electron chi connectivity index (χ1n) is 6.61. The molecular weight excluding hydrogens is 393 g/mol. The molecule has 3 rings (SSSR count). The van der Waals surface area contributed by atoms with Gasteiger partial charge in [-0.25, -0.2) is 9.97 Å². The van der Waals surface area contributed by atoms with Gasteiger partial charge in [0.05, 0.1) is 25.4 Å². The third-order valence-electron chi connectivity index (χ3n) is 3.21. The highest BCUT2D eigenvalue weighted by atomic mass is 127. The largest absolute Gasteiger partial charge is 0.493 e. The van der Waals surface area contributed by atoms with Crippen LogP contribution < -0.4 is 14.8 Å². The molecule has 0 atom stereocenters. The summed E-state index contributed by atoms with van der Waals surface area (Å²) in [7, 11) is 3.22. The highest BCUT2D eigenvalue weighted by Crippen LogP contribution is 2.31. The number of nitrogens with zero attached hydrogens (tertiary/aromatic N) is 2. The van der Waals surface area contributed by atoms with Crippen molar-refractivity contribution in [3.8, 4) is 11.5 Å². The van der Waals surface area contributed by atoms with Crippen LogP contribution in [0.4, 0.5) is 11.6 Å². The topological polar surface area (TPSA) is 56.3 Å². The second kappa shape index (κ2) is 6.35. The maximum Gasteiger partial charge on any atom is 0.227 e. The predicted molar refractivity (Wildman–Crippen MR) is 95.1 cm³/mol. The molecule has 0 saturated carbocycles. The third-order valence-corrected chi connectivity index (χ3v) is 4.15. The van der Waals surface area contributed by atoms with Crippen LogP contribution in [0.3, 0.4) is 0 Å². The quantitative estimate of drug-likeness (QED) is 0.663. The third kappa shape index (κ3) is 2.92. The number of rotatable bonds is 4. The number of halogens is 1. The van der Waals surface area contributed by atoms with Gasteiger partial charge >= 0.3 is 0 Å². The van der Waals surface area contributed by atoms with E-state index in [1.165, 1.54) is 0 Å². The molecule has 5 nitrogen and oxygen atoms in total. The van der Waals surface area contributed by atoms with E-state index in [1.54, 1.807) is 20.4 Å². The fourth-order valence-electron chi connectivity index (χ4n) is 2.10. The zero-order valence-corrected chi connectivity index (χ0v) is 14.3. The normalized spacial score (nSPS) is 10.5. The van der Waals surface area contributed by atoms with E-state index in [1.807, 2.05) is 36.4 Å². The molecule has 22 heavy (non-hydrogen) atoms. The molecule has 0 saturated heterocycles. The molecule has 2 aromatic carbocycles. The first kappa shape index (κ1) is 14.8. The van der Waals surface area contributed by atoms with Crippen LogP contribution in [0, 0.1) is 3.57 Å². The second-order valence-corrected chi connectivity index (χ2v) is 5.73. The number of para-hydroxylation sites is 1. The zero-order valence-electron chi connectivity index (χ0n) is 12.1. The molecule has 0 bridgehead atoms. The van der Waals surface area contributed by atoms with Crippen LogP contribution in [0.1, 0.15) is 0 Å². The molecule has 3 aromatic rings. The van der Waals surface area contributed by atoms with Gasteiger partial charge in [0, 0.05) is 21.2 Å². The summed E-state index contributed by atoms with van der Waals surface area (Å²) in [5.41, 5.74) is 1.77. The van der Waals surface area contributed by atoms with E-state index < -0.39 is 0 Å². The van der Waals surface area contributed by atoms with E-state index in [0.29, 0.717) is 17.4 Å². The van der Waals surface area contributed by atoms with Crippen LogP contribution in [0.25, 0.3) is 10.9 Å². The summed E-state index contributed by atoms with van der Waals surface area (Å²) in [6.45, 7) is 0. The van der Waals surface area contributed by atoms with Crippen molar-refractivity contribution in [2.75, 3.05) is 19.5 Å². The summed E-state index contributed by atoms with van der Waals surface area (Å²) >= 11 is 2.27. The molecule has 0 unspecified atom stereocenters. The number of aromatic nitrogens is 2. The number of methoxy groups -OCH3 is 2. The first-order chi connectivity index (χ1) is 10.7. The number of nitrogens with one attached hydrogen (secondary N) is 1. The lowest BCUT2D eigenvalue weighted by Gasteiger charge is -2.10. The Morgan fingerprint density at radius 3 is 2.50 bits per heavy atom. The minimum absolute atomic E-state index is 0.545. The van der Waals surface area contributed by atoms with Gasteiger partial charge in [-0.05, 0) is 40.8 Å². The summed E-state index contributed by atoms with van der Waals surface area (Å²) < 4.78 is 11.7. The molecule has 6 heteroatoms. The SMILES string of the molecule is COc1cc2cnc(Nc3ccccc3I)nc2cc1OC. The second-order valence-electron chi connectivity index (χ2n) is 4.56. The average molecular weight is 407 g/mol. The summed E-state index contributed by atoms with van der Waals surface area (Å²) in [4.78, 5) is 8.89. The first-order valence-corrected chi connectivity index (χ1v) is 7.69. The van der Waals surface area contributed by atoms with Crippen molar-refractivity contribution in [3.05, 3.63) is 46.2 Å². The molecule has 0 spiro atoms. The smallest absolute Gasteiger partial charge is 0.227 e. The van der Waals surface area contributed by atoms with Crippen molar-refractivity contribution in [1.29, 1.82) is 0 Å². The summed E-state index contributed by atoms with van der Waals surface area (Å²) in [5, 5.41) is 4.12. The number of fused-ring (bicyclic) bond motifs is 1. The van der Waals surface area contributed by atoms with E-state index in [9.17, 15) is 0 Å². The Bertz CT molecular complexity index is 824. The Labute approximate surface area is 141 Å². The molecular formula is C16H14IN3O2. The number of benzene rings is 2. The number of ether oxygens (including phenoxy) is 2. The van der Waals surface area contributed by atoms with Crippen molar-refractivity contribution in [3.63, 3.8) is 0 Å². The minimum atomic E-state index is 0.545. The van der Waals surface area contributed by atoms with Crippen LogP contribution in [0.2, 0.25) is 0 Å². The van der Waals surface area contributed by atoms with E-state index in [0.717, 1.165) is 20.2 Å². The van der Waals surface area contributed by atoms with Crippen LogP contribution >= 0.6 is 22.6 Å². The van der Waals surface area contributed by atoms with Gasteiger partial charge in [0.1, 0.15) is 0 Å². The summed E-state index contributed by atoms with van der Waals surface area (Å²) in [6.07, 6.45) is 1.77. The van der Waals surface area contributed by atoms with Crippen molar-refractivity contribution in [2.45, 2.75) is 0 Å². The fraction of sp³-hybridized carbons (Fsp3) is 0.125. The Morgan fingerprint density at radius 2 is 1.77 bits per heavy atom. The number of anilines is 2. The van der Waals surface area contributed by atoms with E-state index in [-0.39, 0.29) is 0 Å². The van der Waals surface area contributed by atoms with Crippen molar-refractivity contribution >= 4 is 45.1 Å². The molecule has 112 valence electrons. The van der Waals surface area contributed by atoms with Crippen LogP contribution in [0.15, 0.2) is 42.6 Å². The standard InChI is InChI=1S/C16H14IN3O2/c1-21-14-7-10-9-18-16(20-13(10)8-15(14)22-2)19-12-6-4-3-5-11(12)17/h3-9H,1-2H3,(H,18,19,20). The molecule has 0 aliphatic heterocycles. The van der Waals surface area contributed by atoms with E-state index in [4.69, 9.17) is 9.47 Å². The van der Waals surface area contributed by atoms with Gasteiger partial charge in [0.2, 0.25) is 5.95 Å². The Kier molecular flexibility index (Phi) is 4.28. The van der Waals surface area contributed by atoms with Crippen LogP contribution in [-0.4, -0.2) is 24.2 Å². The predicted octanol–water partition coefficient (Wildman–Crippen LogP) is 4.00. The lowest BCUT2D eigenvalue weighted by molar-refractivity contribution is 0.356. The molecule has 0 amide bonds. The van der Waals surface area contributed by atoms with Gasteiger partial charge in [-0.1, -0.05) is 12.1 Å². The van der Waals surface area contributed by atoms with Crippen molar-refractivity contribution in [2.24, 2.45) is 0 Å². The van der Waals surface area contributed by atoms with Gasteiger partial charge in [0.15, 0.2) is 11.5 Å². The van der Waals surface area contributed by atoms with Gasteiger partial charge in [-0.3, -0.25) is 0 Å². The lowest BCUT2D eigenvalue weighted by atomic mass is 10.2. The van der Waals surface area contributed by atoms with Crippen LogP contribution in [0.5, 0.6) is 11.5 Å². The minimum Gasteiger partial charge on any atom is -0.493 e. The molecule has 0 fully saturated rings. The average Bonchev–Trinajstić information content (AvgIpc) is 2.55. The molecule has 0 radical (unpaired) electrons.